The summed E-state index contributed by atoms with van der Waals surface area (Å²) in [6.45, 7) is 2.13. The van der Waals surface area contributed by atoms with Gasteiger partial charge in [-0.15, -0.1) is 0 Å². The van der Waals surface area contributed by atoms with E-state index in [4.69, 9.17) is 9.57 Å². The van der Waals surface area contributed by atoms with Gasteiger partial charge < -0.3 is 30.0 Å². The molecule has 1 aromatic carbocycles. The molecule has 2 aromatic rings. The normalized spacial score (nSPS) is 26.1. The van der Waals surface area contributed by atoms with Crippen molar-refractivity contribution in [2.24, 2.45) is 0 Å². The number of hydrogen-bond donors (Lipinski definition) is 4. The number of ether oxygens (including phenoxy) is 1. The third-order valence-electron chi connectivity index (χ3n) is 5.51. The average molecular weight is 435 g/mol. The van der Waals surface area contributed by atoms with Gasteiger partial charge in [-0.25, -0.2) is 4.79 Å². The van der Waals surface area contributed by atoms with Gasteiger partial charge in [0.25, 0.3) is 6.29 Å². The number of aryl methyl sites for hydroxylation is 1. The number of carboxylic acid groups (broad SMARTS) is 1. The van der Waals surface area contributed by atoms with Crippen LogP contribution in [0.3, 0.4) is 0 Å². The number of aliphatic carboxylic acids is 1. The number of fused-ring (bicyclic) bond motifs is 1. The summed E-state index contributed by atoms with van der Waals surface area (Å²) in [5, 5.41) is 40.0. The van der Waals surface area contributed by atoms with Crippen LogP contribution in [-0.2, 0) is 16.0 Å². The van der Waals surface area contributed by atoms with E-state index in [0.717, 1.165) is 32.1 Å². The predicted molar refractivity (Wildman–Crippen MR) is 112 cm³/mol. The number of hydrogen-bond acceptors (Lipinski definition) is 7. The van der Waals surface area contributed by atoms with Crippen molar-refractivity contribution in [2.45, 2.75) is 76.2 Å². The van der Waals surface area contributed by atoms with Gasteiger partial charge in [0, 0.05) is 11.5 Å². The van der Waals surface area contributed by atoms with Gasteiger partial charge in [0.1, 0.15) is 18.3 Å². The molecule has 0 spiro atoms. The van der Waals surface area contributed by atoms with Crippen molar-refractivity contribution < 1.29 is 34.8 Å². The second-order valence-electron chi connectivity index (χ2n) is 7.82. The third-order valence-corrected chi connectivity index (χ3v) is 5.51. The molecule has 170 valence electrons. The van der Waals surface area contributed by atoms with Gasteiger partial charge >= 0.3 is 5.97 Å². The maximum absolute atomic E-state index is 12.6. The molecule has 0 amide bonds. The van der Waals surface area contributed by atoms with Crippen molar-refractivity contribution in [2.75, 3.05) is 0 Å². The lowest BCUT2D eigenvalue weighted by Crippen LogP contribution is -2.62. The molecule has 2 unspecified atom stereocenters. The van der Waals surface area contributed by atoms with Crippen LogP contribution in [0.1, 0.15) is 44.7 Å². The molecule has 4 N–H and O–H groups in total. The number of aliphatic hydroxyl groups is 3. The first-order chi connectivity index (χ1) is 14.8. The highest BCUT2D eigenvalue weighted by Crippen LogP contribution is 2.23. The lowest BCUT2D eigenvalue weighted by Gasteiger charge is -2.38. The second kappa shape index (κ2) is 10.2. The molecule has 1 saturated heterocycles. The highest BCUT2D eigenvalue weighted by molar-refractivity contribution is 5.79. The van der Waals surface area contributed by atoms with E-state index in [-0.39, 0.29) is 5.43 Å². The quantitative estimate of drug-likeness (QED) is 0.425. The number of aliphatic hydroxyl groups excluding tert-OH is 3. The van der Waals surface area contributed by atoms with Gasteiger partial charge in [0.15, 0.2) is 11.5 Å². The Morgan fingerprint density at radius 3 is 2.48 bits per heavy atom. The lowest BCUT2D eigenvalue weighted by atomic mass is 9.99. The van der Waals surface area contributed by atoms with Crippen molar-refractivity contribution in [1.82, 2.24) is 4.73 Å². The smallest absolute Gasteiger partial charge is 0.335 e. The molecule has 1 aliphatic rings. The van der Waals surface area contributed by atoms with E-state index in [0.29, 0.717) is 23.0 Å². The first-order valence-electron chi connectivity index (χ1n) is 10.6. The molecule has 5 atom stereocenters. The molecule has 3 rings (SSSR count). The third kappa shape index (κ3) is 5.07. The van der Waals surface area contributed by atoms with Gasteiger partial charge in [0.2, 0.25) is 0 Å². The summed E-state index contributed by atoms with van der Waals surface area (Å²) < 4.78 is 6.61. The molecular formula is C22H29NO8. The Morgan fingerprint density at radius 1 is 1.06 bits per heavy atom. The topological polar surface area (TPSA) is 138 Å². The zero-order valence-corrected chi connectivity index (χ0v) is 17.4. The highest BCUT2D eigenvalue weighted by Gasteiger charge is 2.48. The fourth-order valence-electron chi connectivity index (χ4n) is 3.75. The van der Waals surface area contributed by atoms with Crippen molar-refractivity contribution >= 4 is 16.9 Å². The Morgan fingerprint density at radius 2 is 1.77 bits per heavy atom. The molecule has 1 fully saturated rings. The van der Waals surface area contributed by atoms with Crippen LogP contribution in [0.15, 0.2) is 35.1 Å². The van der Waals surface area contributed by atoms with Crippen molar-refractivity contribution in [3.05, 3.63) is 46.2 Å². The summed E-state index contributed by atoms with van der Waals surface area (Å²) in [6, 6.07) is 8.21. The Labute approximate surface area is 179 Å². The van der Waals surface area contributed by atoms with Gasteiger partial charge in [0.05, 0.1) is 11.2 Å². The molecule has 0 aliphatic carbocycles. The molecular weight excluding hydrogens is 406 g/mol. The SMILES string of the molecule is CCCCCCCc1cc(=O)c2ccccc2n1O[C@H]1OC(C(=O)O)[C@@H](O)[C@H](O)C1O. The molecule has 0 bridgehead atoms. The van der Waals surface area contributed by atoms with E-state index >= 15 is 0 Å². The van der Waals surface area contributed by atoms with Crippen molar-refractivity contribution in [3.63, 3.8) is 0 Å². The first-order valence-corrected chi connectivity index (χ1v) is 10.6. The Kier molecular flexibility index (Phi) is 7.66. The molecule has 1 aromatic heterocycles. The summed E-state index contributed by atoms with van der Waals surface area (Å²) in [7, 11) is 0. The van der Waals surface area contributed by atoms with Crippen molar-refractivity contribution in [1.29, 1.82) is 0 Å². The van der Waals surface area contributed by atoms with Crippen LogP contribution in [0.25, 0.3) is 10.9 Å². The van der Waals surface area contributed by atoms with Gasteiger partial charge in [-0.05, 0) is 25.0 Å². The largest absolute Gasteiger partial charge is 0.479 e. The number of carbonyl (C=O) groups is 1. The molecule has 9 nitrogen and oxygen atoms in total. The van der Waals surface area contributed by atoms with E-state index in [2.05, 4.69) is 6.92 Å². The standard InChI is InChI=1S/C22H29NO8/c1-2-3-4-5-6-9-13-12-16(24)14-10-7-8-11-15(14)23(13)31-22-19(27)17(25)18(26)20(30-22)21(28)29/h7-8,10-12,17-20,22,25-27H,2-6,9H2,1H3,(H,28,29)/t17-,18-,19?,20?,22+/m0/s1. The first kappa shape index (κ1) is 23.2. The van der Waals surface area contributed by atoms with Crippen LogP contribution in [-0.4, -0.2) is 61.8 Å². The monoisotopic (exact) mass is 435 g/mol. The Bertz CT molecular complexity index is 958. The van der Waals surface area contributed by atoms with E-state index in [1.54, 1.807) is 24.3 Å². The van der Waals surface area contributed by atoms with E-state index in [1.165, 1.54) is 10.8 Å². The number of nitrogens with zero attached hydrogens (tertiary/aromatic N) is 1. The molecule has 2 heterocycles. The minimum Gasteiger partial charge on any atom is -0.479 e. The molecule has 0 radical (unpaired) electrons. The number of benzene rings is 1. The van der Waals surface area contributed by atoms with E-state index in [1.807, 2.05) is 0 Å². The van der Waals surface area contributed by atoms with Gasteiger partial charge in [-0.3, -0.25) is 4.79 Å². The number of unbranched alkanes of at least 4 members (excludes halogenated alkanes) is 4. The average Bonchev–Trinajstić information content (AvgIpc) is 2.75. The number of rotatable bonds is 9. The summed E-state index contributed by atoms with van der Waals surface area (Å²) >= 11 is 0. The minimum absolute atomic E-state index is 0.178. The van der Waals surface area contributed by atoms with Gasteiger partial charge in [-0.2, -0.15) is 4.73 Å². The number of aromatic nitrogens is 1. The van der Waals surface area contributed by atoms with Crippen molar-refractivity contribution in [3.8, 4) is 0 Å². The maximum atomic E-state index is 12.6. The maximum Gasteiger partial charge on any atom is 0.335 e. The Balaban J connectivity index is 1.93. The summed E-state index contributed by atoms with van der Waals surface area (Å²) in [4.78, 5) is 29.8. The molecule has 31 heavy (non-hydrogen) atoms. The zero-order chi connectivity index (χ0) is 22.5. The van der Waals surface area contributed by atoms with Crippen LogP contribution in [0.5, 0.6) is 0 Å². The fraction of sp³-hybridized carbons (Fsp3) is 0.545. The van der Waals surface area contributed by atoms with Crippen LogP contribution in [0, 0.1) is 0 Å². The highest BCUT2D eigenvalue weighted by atomic mass is 16.8. The minimum atomic E-state index is -1.81. The number of carboxylic acids is 1. The van der Waals surface area contributed by atoms with Gasteiger partial charge in [-0.1, -0.05) is 44.7 Å². The van der Waals surface area contributed by atoms with Crippen LogP contribution >= 0.6 is 0 Å². The van der Waals surface area contributed by atoms with Crippen LogP contribution in [0.4, 0.5) is 0 Å². The summed E-state index contributed by atoms with van der Waals surface area (Å²) in [5.41, 5.74) is 0.799. The Hall–Kier alpha value is -2.46. The number of para-hydroxylation sites is 1. The molecule has 9 heteroatoms. The van der Waals surface area contributed by atoms with Crippen LogP contribution in [0.2, 0.25) is 0 Å². The number of pyridine rings is 1. The summed E-state index contributed by atoms with van der Waals surface area (Å²) in [5.74, 6) is -1.49. The van der Waals surface area contributed by atoms with E-state index in [9.17, 15) is 30.0 Å². The second-order valence-corrected chi connectivity index (χ2v) is 7.82. The summed E-state index contributed by atoms with van der Waals surface area (Å²) in [6.07, 6.45) is -2.99. The zero-order valence-electron chi connectivity index (χ0n) is 17.4. The predicted octanol–water partition coefficient (Wildman–Crippen LogP) is 0.835. The molecule has 0 saturated carbocycles. The van der Waals surface area contributed by atoms with Crippen LogP contribution < -0.4 is 10.3 Å². The fourth-order valence-corrected chi connectivity index (χ4v) is 3.75. The molecule has 1 aliphatic heterocycles. The van der Waals surface area contributed by atoms with E-state index < -0.39 is 36.7 Å². The lowest BCUT2D eigenvalue weighted by molar-refractivity contribution is -0.293.